The molecule has 1 aliphatic carbocycles. The van der Waals surface area contributed by atoms with E-state index in [1.165, 1.54) is 12.1 Å². The van der Waals surface area contributed by atoms with Crippen molar-refractivity contribution >= 4 is 28.9 Å². The van der Waals surface area contributed by atoms with Crippen LogP contribution in [-0.4, -0.2) is 54.3 Å². The van der Waals surface area contributed by atoms with E-state index < -0.39 is 30.1 Å². The summed E-state index contributed by atoms with van der Waals surface area (Å²) < 4.78 is 46.4. The van der Waals surface area contributed by atoms with Crippen LogP contribution in [0, 0.1) is 5.92 Å². The topological polar surface area (TPSA) is 109 Å². The van der Waals surface area contributed by atoms with Gasteiger partial charge in [0.25, 0.3) is 0 Å². The lowest BCUT2D eigenvalue weighted by atomic mass is 9.79. The van der Waals surface area contributed by atoms with Crippen LogP contribution >= 0.6 is 0 Å². The lowest BCUT2D eigenvalue weighted by Gasteiger charge is -2.40. The Kier molecular flexibility index (Phi) is 8.15. The number of aromatic carboxylic acids is 1. The molecular weight excluding hydrogens is 547 g/mol. The largest absolute Gasteiger partial charge is 0.475 e. The molecule has 1 aliphatic rings. The van der Waals surface area contributed by atoms with Crippen molar-refractivity contribution in [1.82, 2.24) is 24.5 Å². The third-order valence-electron chi connectivity index (χ3n) is 7.80. The predicted octanol–water partition coefficient (Wildman–Crippen LogP) is 6.43. The van der Waals surface area contributed by atoms with Crippen molar-refractivity contribution in [2.24, 2.45) is 5.92 Å². The molecule has 0 saturated heterocycles. The highest BCUT2D eigenvalue weighted by atomic mass is 19.4. The monoisotopic (exact) mass is 579 g/mol. The van der Waals surface area contributed by atoms with Gasteiger partial charge in [0, 0.05) is 18.8 Å². The van der Waals surface area contributed by atoms with Crippen LogP contribution in [0.4, 0.5) is 24.9 Å². The number of imidazole rings is 1. The van der Waals surface area contributed by atoms with Gasteiger partial charge in [-0.05, 0) is 50.3 Å². The Morgan fingerprint density at radius 1 is 1.14 bits per heavy atom. The fourth-order valence-electron chi connectivity index (χ4n) is 5.42. The minimum atomic E-state index is -4.76. The van der Waals surface area contributed by atoms with Crippen molar-refractivity contribution in [1.29, 1.82) is 0 Å². The van der Waals surface area contributed by atoms with Gasteiger partial charge in [0.15, 0.2) is 17.5 Å². The quantitative estimate of drug-likeness (QED) is 0.196. The molecule has 1 saturated carbocycles. The summed E-state index contributed by atoms with van der Waals surface area (Å²) in [5, 5.41) is 13.0. The molecule has 2 unspecified atom stereocenters. The molecule has 0 amide bonds. The number of carboxylic acid groups (broad SMARTS) is 1. The first kappa shape index (κ1) is 29.0. The van der Waals surface area contributed by atoms with Crippen LogP contribution in [0.25, 0.3) is 11.2 Å². The number of halogens is 3. The summed E-state index contributed by atoms with van der Waals surface area (Å²) in [6.45, 7) is 7.82. The van der Waals surface area contributed by atoms with E-state index in [1.807, 2.05) is 11.8 Å². The zero-order valence-corrected chi connectivity index (χ0v) is 23.3. The van der Waals surface area contributed by atoms with Crippen LogP contribution in [-0.2, 0) is 0 Å². The van der Waals surface area contributed by atoms with E-state index in [-0.39, 0.29) is 47.0 Å². The van der Waals surface area contributed by atoms with Crippen LogP contribution in [0.15, 0.2) is 67.4 Å². The Bertz CT molecular complexity index is 1560. The van der Waals surface area contributed by atoms with Crippen LogP contribution in [0.3, 0.4) is 0 Å². The lowest BCUT2D eigenvalue weighted by molar-refractivity contribution is -0.155. The Hall–Kier alpha value is -4.48. The van der Waals surface area contributed by atoms with Crippen LogP contribution < -0.4 is 10.2 Å². The van der Waals surface area contributed by atoms with Crippen LogP contribution in [0.1, 0.15) is 67.1 Å². The van der Waals surface area contributed by atoms with E-state index in [0.29, 0.717) is 5.69 Å². The molecule has 4 aromatic rings. The molecule has 1 fully saturated rings. The van der Waals surface area contributed by atoms with E-state index in [9.17, 15) is 9.90 Å². The van der Waals surface area contributed by atoms with Gasteiger partial charge in [0.05, 0.1) is 11.7 Å². The van der Waals surface area contributed by atoms with Gasteiger partial charge < -0.3 is 15.3 Å². The van der Waals surface area contributed by atoms with Crippen molar-refractivity contribution in [3.63, 3.8) is 0 Å². The van der Waals surface area contributed by atoms with Crippen molar-refractivity contribution in [3.05, 3.63) is 84.5 Å². The summed E-state index contributed by atoms with van der Waals surface area (Å²) in [5.74, 6) is -1.76. The van der Waals surface area contributed by atoms with Crippen molar-refractivity contribution in [2.45, 2.75) is 57.4 Å². The third-order valence-corrected chi connectivity index (χ3v) is 7.80. The number of carbonyl (C=O) groups is 1. The second-order valence-electron chi connectivity index (χ2n) is 10.5. The number of nitrogens with one attached hydrogen (secondary N) is 1. The van der Waals surface area contributed by atoms with Gasteiger partial charge in [0.1, 0.15) is 5.52 Å². The zero-order chi connectivity index (χ0) is 30.0. The minimum Gasteiger partial charge on any atom is -0.475 e. The first-order valence-electron chi connectivity index (χ1n) is 13.8. The van der Waals surface area contributed by atoms with E-state index in [0.717, 1.165) is 23.8 Å². The van der Waals surface area contributed by atoms with E-state index >= 15 is 13.2 Å². The Morgan fingerprint density at radius 2 is 1.86 bits per heavy atom. The van der Waals surface area contributed by atoms with Crippen molar-refractivity contribution in [2.75, 3.05) is 16.8 Å². The summed E-state index contributed by atoms with van der Waals surface area (Å²) in [6, 6.07) is 9.94. The summed E-state index contributed by atoms with van der Waals surface area (Å²) in [7, 11) is 0. The van der Waals surface area contributed by atoms with Gasteiger partial charge in [0.2, 0.25) is 11.8 Å². The molecule has 5 rings (SSSR count). The van der Waals surface area contributed by atoms with E-state index in [1.54, 1.807) is 55.6 Å². The van der Waals surface area contributed by atoms with E-state index in [4.69, 9.17) is 0 Å². The van der Waals surface area contributed by atoms with Gasteiger partial charge in [-0.2, -0.15) is 18.2 Å². The number of hydrogen-bond donors (Lipinski definition) is 2. The van der Waals surface area contributed by atoms with Gasteiger partial charge >= 0.3 is 12.1 Å². The molecule has 2 N–H and O–H groups in total. The Labute approximate surface area is 241 Å². The Morgan fingerprint density at radius 3 is 2.43 bits per heavy atom. The SMILES string of the molecule is C=CCN(c1nc(C(=O)O)nc2nc(NC(C)c3ccccn3)n(C(c3ccccc3)C(F)(F)F)c12)[C@H](C)C1CCC1. The predicted molar refractivity (Wildman–Crippen MR) is 154 cm³/mol. The first-order chi connectivity index (χ1) is 20.1. The average Bonchev–Trinajstić information content (AvgIpc) is 3.27. The number of rotatable bonds is 11. The van der Waals surface area contributed by atoms with Gasteiger partial charge in [-0.3, -0.25) is 9.55 Å². The second kappa shape index (κ2) is 11.8. The highest BCUT2D eigenvalue weighted by molar-refractivity contribution is 5.92. The summed E-state index contributed by atoms with van der Waals surface area (Å²) in [4.78, 5) is 31.2. The minimum absolute atomic E-state index is 0.0186. The van der Waals surface area contributed by atoms with Gasteiger partial charge in [-0.25, -0.2) is 14.8 Å². The highest BCUT2D eigenvalue weighted by Crippen LogP contribution is 2.43. The van der Waals surface area contributed by atoms with Crippen molar-refractivity contribution < 1.29 is 23.1 Å². The fourth-order valence-corrected chi connectivity index (χ4v) is 5.42. The summed E-state index contributed by atoms with van der Waals surface area (Å²) in [5.41, 5.74) is 0.389. The van der Waals surface area contributed by atoms with Gasteiger partial charge in [-0.1, -0.05) is 48.9 Å². The van der Waals surface area contributed by atoms with Crippen molar-refractivity contribution in [3.8, 4) is 0 Å². The van der Waals surface area contributed by atoms with E-state index in [2.05, 4.69) is 31.8 Å². The number of benzene rings is 1. The molecule has 12 heteroatoms. The van der Waals surface area contributed by atoms with Crippen LogP contribution in [0.5, 0.6) is 0 Å². The number of hydrogen-bond acceptors (Lipinski definition) is 7. The number of fused-ring (bicyclic) bond motifs is 1. The Balaban J connectivity index is 1.82. The van der Waals surface area contributed by atoms with Gasteiger partial charge in [-0.15, -0.1) is 6.58 Å². The summed E-state index contributed by atoms with van der Waals surface area (Å²) in [6.07, 6.45) is 1.43. The average molecular weight is 580 g/mol. The molecule has 0 radical (unpaired) electrons. The maximum Gasteiger partial charge on any atom is 0.413 e. The standard InChI is InChI=1S/C30H32F3N7O2/c1-4-17-39(19(3)20-13-10-14-20)27-23-25(36-26(37-27)28(41)42)38-29(35-18(2)22-15-8-9-16-34-22)40(23)24(30(31,32)33)21-11-6-5-7-12-21/h4-9,11-12,15-16,18-20,24H,1,10,13-14,17H2,2-3H3,(H,41,42)(H,35,36,37,38)/t18?,19-,24?/m1/s1. The number of nitrogens with zero attached hydrogens (tertiary/aromatic N) is 6. The molecule has 3 heterocycles. The zero-order valence-electron chi connectivity index (χ0n) is 23.3. The molecular formula is C30H32F3N7O2. The smallest absolute Gasteiger partial charge is 0.413 e. The maximum absolute atomic E-state index is 15.1. The first-order valence-corrected chi connectivity index (χ1v) is 13.8. The molecule has 0 bridgehead atoms. The molecule has 220 valence electrons. The molecule has 9 nitrogen and oxygen atoms in total. The molecule has 3 atom stereocenters. The highest BCUT2D eigenvalue weighted by Gasteiger charge is 2.45. The maximum atomic E-state index is 15.1. The number of carboxylic acids is 1. The second-order valence-corrected chi connectivity index (χ2v) is 10.5. The summed E-state index contributed by atoms with van der Waals surface area (Å²) >= 11 is 0. The number of pyridine rings is 1. The number of alkyl halides is 3. The normalized spacial score (nSPS) is 15.9. The van der Waals surface area contributed by atoms with Crippen LogP contribution in [0.2, 0.25) is 0 Å². The number of anilines is 2. The molecule has 0 aliphatic heterocycles. The lowest BCUT2D eigenvalue weighted by Crippen LogP contribution is -2.42. The molecule has 0 spiro atoms. The molecule has 42 heavy (non-hydrogen) atoms. The third kappa shape index (κ3) is 5.65. The molecule has 3 aromatic heterocycles. The molecule has 1 aromatic carbocycles. The number of aromatic nitrogens is 5. The fraction of sp³-hybridized carbons (Fsp3) is 0.367.